The Morgan fingerprint density at radius 3 is 2.00 bits per heavy atom. The summed E-state index contributed by atoms with van der Waals surface area (Å²) in [6.45, 7) is 7.95. The van der Waals surface area contributed by atoms with E-state index in [2.05, 4.69) is 6.58 Å². The van der Waals surface area contributed by atoms with Gasteiger partial charge >= 0.3 is 61.3 Å². The Morgan fingerprint density at radius 2 is 1.80 bits per heavy atom. The Morgan fingerprint density at radius 1 is 1.40 bits per heavy atom. The van der Waals surface area contributed by atoms with Crippen molar-refractivity contribution in [3.63, 3.8) is 0 Å². The third-order valence-electron chi connectivity index (χ3n) is 0.960. The van der Waals surface area contributed by atoms with Gasteiger partial charge in [-0.15, -0.1) is 0 Å². The molecular weight excluding hydrogens is 151 g/mol. The molecule has 0 spiro atoms. The first-order valence-corrected chi connectivity index (χ1v) is 5.16. The molecule has 0 aromatic rings. The third kappa shape index (κ3) is 3.28. The molecule has 0 fully saturated rings. The van der Waals surface area contributed by atoms with E-state index in [1.807, 2.05) is 0 Å². The molecule has 0 atom stereocenters. The van der Waals surface area contributed by atoms with Gasteiger partial charge in [0.1, 0.15) is 0 Å². The van der Waals surface area contributed by atoms with Crippen molar-refractivity contribution in [2.45, 2.75) is 13.8 Å². The summed E-state index contributed by atoms with van der Waals surface area (Å²) in [5.74, 6) is 1.36. The molecule has 4 heteroatoms. The molecule has 0 heterocycles. The molecule has 10 heavy (non-hydrogen) atoms. The van der Waals surface area contributed by atoms with Gasteiger partial charge in [0, 0.05) is 0 Å². The van der Waals surface area contributed by atoms with E-state index in [0.29, 0.717) is 13.2 Å². The predicted molar refractivity (Wildman–Crippen MR) is 44.0 cm³/mol. The molecular formula is C6H15O3P. The standard InChI is InChI=1S/C6H15O3P/c1-4-8-10(7,6-3)9-5-2/h6-7,10H,3-5H2,1-2H3. The fourth-order valence-electron chi connectivity index (χ4n) is 0.573. The minimum absolute atomic E-state index is 0.453. The monoisotopic (exact) mass is 166 g/mol. The summed E-state index contributed by atoms with van der Waals surface area (Å²) in [7, 11) is -2.96. The number of hydrogen-bond donors (Lipinski definition) is 1. The van der Waals surface area contributed by atoms with Crippen LogP contribution < -0.4 is 0 Å². The van der Waals surface area contributed by atoms with Gasteiger partial charge in [-0.05, 0) is 0 Å². The molecule has 62 valence electrons. The van der Waals surface area contributed by atoms with Gasteiger partial charge in [0.25, 0.3) is 0 Å². The summed E-state index contributed by atoms with van der Waals surface area (Å²) in [5, 5.41) is 0. The van der Waals surface area contributed by atoms with Crippen LogP contribution in [0.4, 0.5) is 0 Å². The van der Waals surface area contributed by atoms with Crippen LogP contribution in [-0.2, 0) is 9.05 Å². The van der Waals surface area contributed by atoms with Crippen LogP contribution in [0.1, 0.15) is 13.8 Å². The minimum atomic E-state index is -2.96. The molecule has 0 aromatic carbocycles. The molecule has 0 unspecified atom stereocenters. The van der Waals surface area contributed by atoms with Gasteiger partial charge in [0.15, 0.2) is 0 Å². The summed E-state index contributed by atoms with van der Waals surface area (Å²) in [6, 6.07) is 0. The molecule has 3 nitrogen and oxygen atoms in total. The van der Waals surface area contributed by atoms with Crippen LogP contribution in [0.25, 0.3) is 0 Å². The first-order chi connectivity index (χ1) is 4.68. The second-order valence-corrected chi connectivity index (χ2v) is 3.95. The second kappa shape index (κ2) is 4.80. The van der Waals surface area contributed by atoms with E-state index >= 15 is 0 Å². The fourth-order valence-corrected chi connectivity index (χ4v) is 1.72. The Bertz CT molecular complexity index is 99.2. The van der Waals surface area contributed by atoms with Crippen LogP contribution in [0.5, 0.6) is 0 Å². The van der Waals surface area contributed by atoms with Crippen LogP contribution in [0.2, 0.25) is 0 Å². The molecule has 0 bridgehead atoms. The zero-order valence-corrected chi connectivity index (χ0v) is 7.46. The summed E-state index contributed by atoms with van der Waals surface area (Å²) >= 11 is 0. The molecule has 0 aliphatic rings. The summed E-state index contributed by atoms with van der Waals surface area (Å²) in [5.41, 5.74) is 0. The summed E-state index contributed by atoms with van der Waals surface area (Å²) < 4.78 is 9.95. The zero-order chi connectivity index (χ0) is 8.04. The normalized spacial score (nSPS) is 13.1. The fraction of sp³-hybridized carbons (Fsp3) is 0.667. The first-order valence-electron chi connectivity index (χ1n) is 3.32. The van der Waals surface area contributed by atoms with Crippen molar-refractivity contribution in [3.8, 4) is 0 Å². The van der Waals surface area contributed by atoms with Crippen molar-refractivity contribution >= 4 is 7.94 Å². The van der Waals surface area contributed by atoms with Crippen LogP contribution in [0.15, 0.2) is 12.4 Å². The molecule has 0 saturated heterocycles. The molecule has 0 amide bonds. The van der Waals surface area contributed by atoms with Crippen molar-refractivity contribution in [1.29, 1.82) is 0 Å². The topological polar surface area (TPSA) is 38.7 Å². The Labute approximate surface area is 62.2 Å². The van der Waals surface area contributed by atoms with Gasteiger partial charge in [-0.25, -0.2) is 0 Å². The van der Waals surface area contributed by atoms with Crippen molar-refractivity contribution in [2.24, 2.45) is 0 Å². The second-order valence-electron chi connectivity index (χ2n) is 1.70. The average Bonchev–Trinajstić information content (AvgIpc) is 1.89. The maximum atomic E-state index is 9.40. The molecule has 0 saturated carbocycles. The maximum absolute atomic E-state index is 9.40. The molecule has 0 radical (unpaired) electrons. The quantitative estimate of drug-likeness (QED) is 0.631. The van der Waals surface area contributed by atoms with Gasteiger partial charge in [0.2, 0.25) is 0 Å². The molecule has 0 rings (SSSR count). The Hall–Kier alpha value is 0.0500. The molecule has 0 aromatic heterocycles. The van der Waals surface area contributed by atoms with Crippen LogP contribution in [0.3, 0.4) is 0 Å². The number of rotatable bonds is 5. The summed E-state index contributed by atoms with van der Waals surface area (Å²) in [4.78, 5) is 9.40. The SMILES string of the molecule is C=C[PH](O)(OCC)OCC. The van der Waals surface area contributed by atoms with Crippen molar-refractivity contribution < 1.29 is 13.9 Å². The van der Waals surface area contributed by atoms with E-state index in [0.717, 1.165) is 0 Å². The molecule has 0 aliphatic heterocycles. The van der Waals surface area contributed by atoms with Gasteiger partial charge in [0.05, 0.1) is 0 Å². The third-order valence-corrected chi connectivity index (χ3v) is 2.88. The average molecular weight is 166 g/mol. The first kappa shape index (κ1) is 10.0. The van der Waals surface area contributed by atoms with Crippen LogP contribution in [0, 0.1) is 0 Å². The van der Waals surface area contributed by atoms with Gasteiger partial charge in [-0.3, -0.25) is 0 Å². The Kier molecular flexibility index (Phi) is 4.83. The van der Waals surface area contributed by atoms with E-state index in [9.17, 15) is 4.89 Å². The molecule has 0 aliphatic carbocycles. The molecule has 1 N–H and O–H groups in total. The van der Waals surface area contributed by atoms with Crippen molar-refractivity contribution in [3.05, 3.63) is 12.4 Å². The van der Waals surface area contributed by atoms with Gasteiger partial charge in [-0.2, -0.15) is 0 Å². The van der Waals surface area contributed by atoms with Crippen molar-refractivity contribution in [2.75, 3.05) is 13.2 Å². The van der Waals surface area contributed by atoms with Crippen molar-refractivity contribution in [1.82, 2.24) is 0 Å². The van der Waals surface area contributed by atoms with Gasteiger partial charge < -0.3 is 0 Å². The van der Waals surface area contributed by atoms with E-state index in [-0.39, 0.29) is 0 Å². The Balaban J connectivity index is 3.81. The zero-order valence-electron chi connectivity index (χ0n) is 6.46. The van der Waals surface area contributed by atoms with E-state index in [4.69, 9.17) is 9.05 Å². The van der Waals surface area contributed by atoms with Crippen LogP contribution in [-0.4, -0.2) is 18.1 Å². The van der Waals surface area contributed by atoms with E-state index in [1.54, 1.807) is 13.8 Å². The summed E-state index contributed by atoms with van der Waals surface area (Å²) in [6.07, 6.45) is 0. The van der Waals surface area contributed by atoms with E-state index in [1.165, 1.54) is 5.82 Å². The number of hydrogen-bond acceptors (Lipinski definition) is 3. The predicted octanol–water partition coefficient (Wildman–Crippen LogP) is 1.69. The van der Waals surface area contributed by atoms with Crippen LogP contribution >= 0.6 is 7.94 Å². The van der Waals surface area contributed by atoms with Gasteiger partial charge in [-0.1, -0.05) is 0 Å². The van der Waals surface area contributed by atoms with E-state index < -0.39 is 7.94 Å².